The quantitative estimate of drug-likeness (QED) is 0.819. The highest BCUT2D eigenvalue weighted by Crippen LogP contribution is 2.23. The van der Waals surface area contributed by atoms with Crippen LogP contribution in [0.3, 0.4) is 0 Å². The number of rotatable bonds is 2. The van der Waals surface area contributed by atoms with Crippen LogP contribution < -0.4 is 11.1 Å². The van der Waals surface area contributed by atoms with Gasteiger partial charge in [-0.15, -0.1) is 0 Å². The van der Waals surface area contributed by atoms with Crippen LogP contribution in [0.5, 0.6) is 0 Å². The minimum absolute atomic E-state index is 0.0394. The van der Waals surface area contributed by atoms with Gasteiger partial charge in [0.1, 0.15) is 0 Å². The molecule has 0 aliphatic rings. The lowest BCUT2D eigenvalue weighted by Crippen LogP contribution is -2.21. The Morgan fingerprint density at radius 3 is 2.85 bits per heavy atom. The van der Waals surface area contributed by atoms with Gasteiger partial charge in [-0.05, 0) is 40.8 Å². The molecule has 70 valence electrons. The van der Waals surface area contributed by atoms with Crippen LogP contribution in [0.25, 0.3) is 0 Å². The molecule has 0 heterocycles. The summed E-state index contributed by atoms with van der Waals surface area (Å²) in [6, 6.07) is 5.38. The Morgan fingerprint density at radius 1 is 1.62 bits per heavy atom. The standard InChI is InChI=1S/C8H8ClIN2O/c9-6-3-5(10)1-2-7(6)12-8(13)4-11/h1-3H,4,11H2,(H,12,13). The third kappa shape index (κ3) is 3.13. The molecule has 3 nitrogen and oxygen atoms in total. The van der Waals surface area contributed by atoms with Crippen molar-refractivity contribution in [3.05, 3.63) is 26.8 Å². The fourth-order valence-corrected chi connectivity index (χ4v) is 1.70. The van der Waals surface area contributed by atoms with E-state index < -0.39 is 0 Å². The van der Waals surface area contributed by atoms with E-state index in [0.717, 1.165) is 3.57 Å². The Balaban J connectivity index is 2.83. The van der Waals surface area contributed by atoms with Gasteiger partial charge in [-0.2, -0.15) is 0 Å². The molecule has 13 heavy (non-hydrogen) atoms. The Labute approximate surface area is 94.8 Å². The maximum atomic E-state index is 10.9. The average Bonchev–Trinajstić information content (AvgIpc) is 2.09. The van der Waals surface area contributed by atoms with Gasteiger partial charge in [0.2, 0.25) is 5.91 Å². The van der Waals surface area contributed by atoms with Crippen LogP contribution in [0.2, 0.25) is 5.02 Å². The number of carbonyl (C=O) groups is 1. The Morgan fingerprint density at radius 2 is 2.31 bits per heavy atom. The largest absolute Gasteiger partial charge is 0.324 e. The first-order valence-electron chi connectivity index (χ1n) is 3.58. The van der Waals surface area contributed by atoms with Crippen molar-refractivity contribution in [1.29, 1.82) is 0 Å². The molecule has 0 unspecified atom stereocenters. The number of benzene rings is 1. The summed E-state index contributed by atoms with van der Waals surface area (Å²) in [7, 11) is 0. The van der Waals surface area contributed by atoms with Crippen molar-refractivity contribution in [2.24, 2.45) is 5.73 Å². The van der Waals surface area contributed by atoms with E-state index in [4.69, 9.17) is 17.3 Å². The van der Waals surface area contributed by atoms with E-state index in [2.05, 4.69) is 27.9 Å². The first-order valence-corrected chi connectivity index (χ1v) is 5.04. The van der Waals surface area contributed by atoms with Crippen LogP contribution in [0.4, 0.5) is 5.69 Å². The second-order valence-electron chi connectivity index (χ2n) is 2.38. The van der Waals surface area contributed by atoms with Crippen molar-refractivity contribution in [3.63, 3.8) is 0 Å². The van der Waals surface area contributed by atoms with Crippen molar-refractivity contribution in [2.75, 3.05) is 11.9 Å². The number of nitrogens with two attached hydrogens (primary N) is 1. The van der Waals surface area contributed by atoms with Crippen LogP contribution in [0.15, 0.2) is 18.2 Å². The summed E-state index contributed by atoms with van der Waals surface area (Å²) < 4.78 is 1.02. The first kappa shape index (κ1) is 10.7. The Bertz CT molecular complexity index is 330. The zero-order valence-corrected chi connectivity index (χ0v) is 9.59. The minimum atomic E-state index is -0.247. The third-order valence-corrected chi connectivity index (χ3v) is 2.37. The van der Waals surface area contributed by atoms with Gasteiger partial charge < -0.3 is 11.1 Å². The van der Waals surface area contributed by atoms with E-state index in [-0.39, 0.29) is 12.5 Å². The summed E-state index contributed by atoms with van der Waals surface area (Å²) in [6.07, 6.45) is 0. The molecule has 0 bridgehead atoms. The predicted molar refractivity (Wildman–Crippen MR) is 61.9 cm³/mol. The molecule has 0 fully saturated rings. The lowest BCUT2D eigenvalue weighted by molar-refractivity contribution is -0.114. The van der Waals surface area contributed by atoms with E-state index in [1.807, 2.05) is 6.07 Å². The summed E-state index contributed by atoms with van der Waals surface area (Å²) in [5.74, 6) is -0.247. The van der Waals surface area contributed by atoms with E-state index in [9.17, 15) is 4.79 Å². The van der Waals surface area contributed by atoms with Gasteiger partial charge in [0.25, 0.3) is 0 Å². The smallest absolute Gasteiger partial charge is 0.238 e. The number of anilines is 1. The van der Waals surface area contributed by atoms with Gasteiger partial charge in [-0.1, -0.05) is 11.6 Å². The van der Waals surface area contributed by atoms with E-state index in [1.165, 1.54) is 0 Å². The van der Waals surface area contributed by atoms with Gasteiger partial charge in [0.05, 0.1) is 17.3 Å². The van der Waals surface area contributed by atoms with E-state index in [0.29, 0.717) is 10.7 Å². The maximum absolute atomic E-state index is 10.9. The number of halogens is 2. The van der Waals surface area contributed by atoms with Crippen molar-refractivity contribution < 1.29 is 4.79 Å². The molecule has 5 heteroatoms. The number of carbonyl (C=O) groups excluding carboxylic acids is 1. The molecule has 0 aliphatic heterocycles. The summed E-state index contributed by atoms with van der Waals surface area (Å²) in [5, 5.41) is 3.11. The van der Waals surface area contributed by atoms with Gasteiger partial charge >= 0.3 is 0 Å². The second-order valence-corrected chi connectivity index (χ2v) is 4.03. The van der Waals surface area contributed by atoms with Crippen molar-refractivity contribution >= 4 is 45.8 Å². The fourth-order valence-electron chi connectivity index (χ4n) is 0.792. The SMILES string of the molecule is NCC(=O)Nc1ccc(I)cc1Cl. The molecule has 1 amide bonds. The summed E-state index contributed by atoms with van der Waals surface area (Å²) in [4.78, 5) is 10.9. The molecule has 0 radical (unpaired) electrons. The van der Waals surface area contributed by atoms with E-state index in [1.54, 1.807) is 12.1 Å². The number of nitrogens with one attached hydrogen (secondary N) is 1. The summed E-state index contributed by atoms with van der Waals surface area (Å²) in [6.45, 7) is -0.0394. The summed E-state index contributed by atoms with van der Waals surface area (Å²) in [5.41, 5.74) is 5.74. The van der Waals surface area contributed by atoms with Crippen LogP contribution >= 0.6 is 34.2 Å². The number of amides is 1. The van der Waals surface area contributed by atoms with Gasteiger partial charge in [-0.25, -0.2) is 0 Å². The zero-order valence-electron chi connectivity index (χ0n) is 6.68. The van der Waals surface area contributed by atoms with Crippen LogP contribution in [0, 0.1) is 3.57 Å². The Hall–Kier alpha value is -0.330. The van der Waals surface area contributed by atoms with Crippen LogP contribution in [-0.2, 0) is 4.79 Å². The zero-order chi connectivity index (χ0) is 9.84. The molecule has 1 aromatic carbocycles. The number of hydrogen-bond acceptors (Lipinski definition) is 2. The first-order chi connectivity index (χ1) is 6.13. The molecular formula is C8H8ClIN2O. The normalized spacial score (nSPS) is 9.77. The van der Waals surface area contributed by atoms with Crippen molar-refractivity contribution in [3.8, 4) is 0 Å². The Kier molecular flexibility index (Phi) is 3.95. The predicted octanol–water partition coefficient (Wildman–Crippen LogP) is 1.84. The molecule has 0 aromatic heterocycles. The molecule has 0 aliphatic carbocycles. The highest BCUT2D eigenvalue weighted by Gasteiger charge is 2.03. The van der Waals surface area contributed by atoms with Crippen LogP contribution in [0.1, 0.15) is 0 Å². The number of hydrogen-bond donors (Lipinski definition) is 2. The summed E-state index contributed by atoms with van der Waals surface area (Å²) >= 11 is 8.01. The van der Waals surface area contributed by atoms with Crippen molar-refractivity contribution in [1.82, 2.24) is 0 Å². The third-order valence-electron chi connectivity index (χ3n) is 1.39. The van der Waals surface area contributed by atoms with Gasteiger partial charge in [0, 0.05) is 3.57 Å². The molecular weight excluding hydrogens is 302 g/mol. The molecule has 1 rings (SSSR count). The molecule has 0 saturated heterocycles. The topological polar surface area (TPSA) is 55.1 Å². The highest BCUT2D eigenvalue weighted by molar-refractivity contribution is 14.1. The van der Waals surface area contributed by atoms with Gasteiger partial charge in [-0.3, -0.25) is 4.79 Å². The molecule has 0 atom stereocenters. The lowest BCUT2D eigenvalue weighted by Gasteiger charge is -2.05. The molecule has 0 spiro atoms. The highest BCUT2D eigenvalue weighted by atomic mass is 127. The fraction of sp³-hybridized carbons (Fsp3) is 0.125. The lowest BCUT2D eigenvalue weighted by atomic mass is 10.3. The van der Waals surface area contributed by atoms with Crippen molar-refractivity contribution in [2.45, 2.75) is 0 Å². The average molecular weight is 311 g/mol. The second kappa shape index (κ2) is 4.78. The molecule has 3 N–H and O–H groups in total. The maximum Gasteiger partial charge on any atom is 0.238 e. The monoisotopic (exact) mass is 310 g/mol. The molecule has 1 aromatic rings. The van der Waals surface area contributed by atoms with E-state index >= 15 is 0 Å². The van der Waals surface area contributed by atoms with Crippen LogP contribution in [-0.4, -0.2) is 12.5 Å². The molecule has 0 saturated carbocycles. The minimum Gasteiger partial charge on any atom is -0.324 e. The van der Waals surface area contributed by atoms with Gasteiger partial charge in [0.15, 0.2) is 0 Å².